The SMILES string of the molecule is CCCCCCCNC(=O)N(C)c1nc(-c2ccc(C[C@H](OCC)C(=O)O)cc2)n(C)n1. The van der Waals surface area contributed by atoms with E-state index in [0.29, 0.717) is 24.9 Å². The van der Waals surface area contributed by atoms with E-state index in [1.165, 1.54) is 24.2 Å². The van der Waals surface area contributed by atoms with Crippen molar-refractivity contribution in [1.29, 1.82) is 0 Å². The molecule has 2 rings (SSSR count). The first-order chi connectivity index (χ1) is 15.4. The maximum absolute atomic E-state index is 12.4. The first-order valence-corrected chi connectivity index (χ1v) is 11.2. The molecule has 9 nitrogen and oxygen atoms in total. The number of aromatic nitrogens is 3. The van der Waals surface area contributed by atoms with E-state index in [9.17, 15) is 14.7 Å². The number of nitrogens with one attached hydrogen (secondary N) is 1. The number of benzene rings is 1. The third-order valence-corrected chi connectivity index (χ3v) is 5.19. The Bertz CT molecular complexity index is 866. The highest BCUT2D eigenvalue weighted by molar-refractivity contribution is 5.89. The van der Waals surface area contributed by atoms with Crippen molar-refractivity contribution in [3.05, 3.63) is 29.8 Å². The molecule has 176 valence electrons. The second-order valence-corrected chi connectivity index (χ2v) is 7.75. The van der Waals surface area contributed by atoms with Crippen LogP contribution in [0.2, 0.25) is 0 Å². The van der Waals surface area contributed by atoms with Crippen molar-refractivity contribution in [2.24, 2.45) is 7.05 Å². The van der Waals surface area contributed by atoms with Gasteiger partial charge in [-0.25, -0.2) is 14.3 Å². The monoisotopic (exact) mass is 445 g/mol. The molecule has 1 heterocycles. The van der Waals surface area contributed by atoms with Crippen LogP contribution in [0.4, 0.5) is 10.7 Å². The van der Waals surface area contributed by atoms with E-state index >= 15 is 0 Å². The lowest BCUT2D eigenvalue weighted by Crippen LogP contribution is -2.38. The van der Waals surface area contributed by atoms with Crippen molar-refractivity contribution in [2.75, 3.05) is 25.1 Å². The van der Waals surface area contributed by atoms with Crippen LogP contribution < -0.4 is 10.2 Å². The molecule has 0 unspecified atom stereocenters. The molecule has 0 saturated heterocycles. The largest absolute Gasteiger partial charge is 0.479 e. The summed E-state index contributed by atoms with van der Waals surface area (Å²) in [5.41, 5.74) is 1.68. The van der Waals surface area contributed by atoms with Gasteiger partial charge in [-0.2, -0.15) is 4.98 Å². The first-order valence-electron chi connectivity index (χ1n) is 11.2. The molecule has 1 atom stereocenters. The number of urea groups is 1. The van der Waals surface area contributed by atoms with Crippen molar-refractivity contribution in [2.45, 2.75) is 58.5 Å². The molecule has 0 saturated carbocycles. The highest BCUT2D eigenvalue weighted by Crippen LogP contribution is 2.21. The molecular formula is C23H35N5O4. The molecule has 9 heteroatoms. The predicted molar refractivity (Wildman–Crippen MR) is 124 cm³/mol. The van der Waals surface area contributed by atoms with Crippen molar-refractivity contribution in [3.8, 4) is 11.4 Å². The fourth-order valence-corrected chi connectivity index (χ4v) is 3.32. The second kappa shape index (κ2) is 12.8. The van der Waals surface area contributed by atoms with Gasteiger partial charge in [0.2, 0.25) is 0 Å². The van der Waals surface area contributed by atoms with Gasteiger partial charge in [-0.3, -0.25) is 4.90 Å². The van der Waals surface area contributed by atoms with Crippen LogP contribution in [-0.2, 0) is 23.0 Å². The van der Waals surface area contributed by atoms with E-state index in [4.69, 9.17) is 4.74 Å². The number of carbonyl (C=O) groups is 2. The van der Waals surface area contributed by atoms with Crippen LogP contribution in [0.5, 0.6) is 0 Å². The molecule has 0 spiro atoms. The number of unbranched alkanes of at least 4 members (excludes halogenated alkanes) is 4. The maximum atomic E-state index is 12.4. The van der Waals surface area contributed by atoms with Gasteiger partial charge in [0.05, 0.1) is 0 Å². The molecule has 32 heavy (non-hydrogen) atoms. The zero-order valence-corrected chi connectivity index (χ0v) is 19.5. The molecule has 0 radical (unpaired) electrons. The number of hydrogen-bond donors (Lipinski definition) is 2. The Hall–Kier alpha value is -2.94. The number of carbonyl (C=O) groups excluding carboxylic acids is 1. The number of amides is 2. The van der Waals surface area contributed by atoms with Crippen molar-refractivity contribution >= 4 is 17.9 Å². The molecule has 0 fully saturated rings. The minimum atomic E-state index is -0.976. The molecular weight excluding hydrogens is 410 g/mol. The first kappa shape index (κ1) is 25.3. The molecule has 2 aromatic rings. The Morgan fingerprint density at radius 2 is 1.84 bits per heavy atom. The average Bonchev–Trinajstić information content (AvgIpc) is 3.17. The number of aliphatic carboxylic acids is 1. The van der Waals surface area contributed by atoms with Crippen LogP contribution >= 0.6 is 0 Å². The summed E-state index contributed by atoms with van der Waals surface area (Å²) in [4.78, 5) is 29.6. The smallest absolute Gasteiger partial charge is 0.333 e. The van der Waals surface area contributed by atoms with Crippen molar-refractivity contribution in [1.82, 2.24) is 20.1 Å². The summed E-state index contributed by atoms with van der Waals surface area (Å²) < 4.78 is 6.90. The highest BCUT2D eigenvalue weighted by atomic mass is 16.5. The van der Waals surface area contributed by atoms with Gasteiger partial charge in [0.15, 0.2) is 11.9 Å². The number of rotatable bonds is 13. The van der Waals surface area contributed by atoms with Gasteiger partial charge in [0, 0.05) is 39.2 Å². The number of hydrogen-bond acceptors (Lipinski definition) is 5. The van der Waals surface area contributed by atoms with E-state index in [1.807, 2.05) is 24.3 Å². The zero-order chi connectivity index (χ0) is 23.5. The number of ether oxygens (including phenoxy) is 1. The Labute approximate surface area is 189 Å². The summed E-state index contributed by atoms with van der Waals surface area (Å²) in [6.45, 7) is 4.93. The molecule has 1 aromatic carbocycles. The van der Waals surface area contributed by atoms with Gasteiger partial charge in [0.1, 0.15) is 0 Å². The van der Waals surface area contributed by atoms with Gasteiger partial charge < -0.3 is 15.2 Å². The molecule has 0 aliphatic rings. The van der Waals surface area contributed by atoms with E-state index < -0.39 is 12.1 Å². The number of carboxylic acid groups (broad SMARTS) is 1. The third-order valence-electron chi connectivity index (χ3n) is 5.19. The number of nitrogens with zero attached hydrogens (tertiary/aromatic N) is 4. The van der Waals surface area contributed by atoms with Gasteiger partial charge in [-0.1, -0.05) is 56.9 Å². The summed E-state index contributed by atoms with van der Waals surface area (Å²) >= 11 is 0. The van der Waals surface area contributed by atoms with E-state index in [-0.39, 0.29) is 12.5 Å². The van der Waals surface area contributed by atoms with Crippen LogP contribution in [0.25, 0.3) is 11.4 Å². The zero-order valence-electron chi connectivity index (χ0n) is 19.5. The average molecular weight is 446 g/mol. The maximum Gasteiger partial charge on any atom is 0.333 e. The van der Waals surface area contributed by atoms with Gasteiger partial charge in [-0.05, 0) is 18.9 Å². The standard InChI is InChI=1S/C23H35N5O4/c1-5-7-8-9-10-15-24-23(31)27(3)22-25-20(28(4)26-22)18-13-11-17(12-14-18)16-19(21(29)30)32-6-2/h11-14,19H,5-10,15-16H2,1-4H3,(H,24,31)(H,29,30)/t19-/m0/s1. The van der Waals surface area contributed by atoms with E-state index in [1.54, 1.807) is 25.7 Å². The van der Waals surface area contributed by atoms with E-state index in [0.717, 1.165) is 24.0 Å². The molecule has 0 aliphatic heterocycles. The number of anilines is 1. The molecule has 0 bridgehead atoms. The lowest BCUT2D eigenvalue weighted by atomic mass is 10.1. The Morgan fingerprint density at radius 1 is 1.16 bits per heavy atom. The predicted octanol–water partition coefficient (Wildman–Crippen LogP) is 3.63. The quantitative estimate of drug-likeness (QED) is 0.456. The Morgan fingerprint density at radius 3 is 2.47 bits per heavy atom. The van der Waals surface area contributed by atoms with Gasteiger partial charge in [-0.15, -0.1) is 5.10 Å². The molecule has 1 aromatic heterocycles. The van der Waals surface area contributed by atoms with Gasteiger partial charge in [0.25, 0.3) is 5.95 Å². The third kappa shape index (κ3) is 7.33. The topological polar surface area (TPSA) is 110 Å². The minimum absolute atomic E-state index is 0.233. The number of carboxylic acids is 1. The van der Waals surface area contributed by atoms with Crippen molar-refractivity contribution in [3.63, 3.8) is 0 Å². The van der Waals surface area contributed by atoms with Crippen LogP contribution in [0.15, 0.2) is 24.3 Å². The minimum Gasteiger partial charge on any atom is -0.479 e. The van der Waals surface area contributed by atoms with Crippen molar-refractivity contribution < 1.29 is 19.4 Å². The Kier molecular flexibility index (Phi) is 10.1. The van der Waals surface area contributed by atoms with E-state index in [2.05, 4.69) is 22.3 Å². The summed E-state index contributed by atoms with van der Waals surface area (Å²) in [7, 11) is 3.42. The highest BCUT2D eigenvalue weighted by Gasteiger charge is 2.20. The van der Waals surface area contributed by atoms with Crippen LogP contribution in [-0.4, -0.2) is 58.2 Å². The molecule has 0 aliphatic carbocycles. The Balaban J connectivity index is 1.98. The van der Waals surface area contributed by atoms with Crippen LogP contribution in [0.3, 0.4) is 0 Å². The summed E-state index contributed by atoms with van der Waals surface area (Å²) in [5.74, 6) is -0.0427. The normalized spacial score (nSPS) is 11.9. The number of aryl methyl sites for hydroxylation is 1. The van der Waals surface area contributed by atoms with Gasteiger partial charge >= 0.3 is 12.0 Å². The van der Waals surface area contributed by atoms with Crippen LogP contribution in [0.1, 0.15) is 51.5 Å². The summed E-state index contributed by atoms with van der Waals surface area (Å²) in [6, 6.07) is 7.21. The lowest BCUT2D eigenvalue weighted by Gasteiger charge is -2.14. The summed E-state index contributed by atoms with van der Waals surface area (Å²) in [5, 5.41) is 16.5. The fraction of sp³-hybridized carbons (Fsp3) is 0.565. The molecule has 2 N–H and O–H groups in total. The fourth-order valence-electron chi connectivity index (χ4n) is 3.32. The van der Waals surface area contributed by atoms with Crippen LogP contribution in [0, 0.1) is 0 Å². The second-order valence-electron chi connectivity index (χ2n) is 7.75. The summed E-state index contributed by atoms with van der Waals surface area (Å²) in [6.07, 6.45) is 5.09. The molecule has 2 amide bonds. The lowest BCUT2D eigenvalue weighted by molar-refractivity contribution is -0.149.